The van der Waals surface area contributed by atoms with Crippen LogP contribution >= 0.6 is 23.2 Å². The van der Waals surface area contributed by atoms with Gasteiger partial charge in [0.1, 0.15) is 5.82 Å². The van der Waals surface area contributed by atoms with Crippen LogP contribution in [-0.2, 0) is 10.0 Å². The number of benzene rings is 1. The molecule has 8 heteroatoms. The summed E-state index contributed by atoms with van der Waals surface area (Å²) in [6.45, 7) is 1.30. The maximum Gasteiger partial charge on any atom is 0.235 e. The number of hydrogen-bond acceptors (Lipinski definition) is 3. The van der Waals surface area contributed by atoms with E-state index in [2.05, 4.69) is 10.0 Å². The Morgan fingerprint density at radius 2 is 1.74 bits per heavy atom. The smallest absolute Gasteiger partial charge is 0.235 e. The molecule has 1 aromatic rings. The molecule has 0 spiro atoms. The number of hydrogen-bond donors (Lipinski definition) is 2. The second-order valence-corrected chi connectivity index (χ2v) is 7.12. The largest absolute Gasteiger partial charge is 0.317 e. The van der Waals surface area contributed by atoms with Crippen LogP contribution in [0.25, 0.3) is 0 Å². The first-order valence-corrected chi connectivity index (χ1v) is 8.07. The fraction of sp³-hybridized carbons (Fsp3) is 0.455. The van der Waals surface area contributed by atoms with E-state index in [0.717, 1.165) is 12.1 Å². The molecule has 0 unspecified atom stereocenters. The Hall–Kier alpha value is -0.560. The number of sulfonamides is 1. The van der Waals surface area contributed by atoms with E-state index in [0.29, 0.717) is 25.9 Å². The highest BCUT2D eigenvalue weighted by molar-refractivity contribution is 7.93. The van der Waals surface area contributed by atoms with Crippen LogP contribution in [0.2, 0.25) is 10.0 Å². The van der Waals surface area contributed by atoms with E-state index in [-0.39, 0.29) is 15.7 Å². The topological polar surface area (TPSA) is 58.2 Å². The van der Waals surface area contributed by atoms with Gasteiger partial charge >= 0.3 is 0 Å². The zero-order valence-corrected chi connectivity index (χ0v) is 12.2. The molecule has 19 heavy (non-hydrogen) atoms. The van der Waals surface area contributed by atoms with Gasteiger partial charge in [-0.05, 0) is 38.1 Å². The van der Waals surface area contributed by atoms with E-state index < -0.39 is 21.1 Å². The number of nitrogens with one attached hydrogen (secondary N) is 2. The van der Waals surface area contributed by atoms with Gasteiger partial charge in [0.05, 0.1) is 21.0 Å². The molecule has 0 bridgehead atoms. The van der Waals surface area contributed by atoms with E-state index in [4.69, 9.17) is 23.2 Å². The number of piperidine rings is 1. The molecule has 2 N–H and O–H groups in total. The first-order valence-electron chi connectivity index (χ1n) is 5.77. The predicted molar refractivity (Wildman–Crippen MR) is 74.9 cm³/mol. The van der Waals surface area contributed by atoms with Crippen molar-refractivity contribution >= 4 is 38.9 Å². The molecule has 1 fully saturated rings. The third-order valence-electron chi connectivity index (χ3n) is 2.98. The van der Waals surface area contributed by atoms with Crippen molar-refractivity contribution in [1.29, 1.82) is 0 Å². The van der Waals surface area contributed by atoms with Gasteiger partial charge in [0.25, 0.3) is 0 Å². The van der Waals surface area contributed by atoms with Crippen molar-refractivity contribution in [3.8, 4) is 0 Å². The normalized spacial score (nSPS) is 17.4. The molecular weight excluding hydrogens is 314 g/mol. The van der Waals surface area contributed by atoms with Gasteiger partial charge in [-0.25, -0.2) is 12.8 Å². The van der Waals surface area contributed by atoms with Crippen LogP contribution < -0.4 is 10.0 Å². The molecule has 106 valence electrons. The summed E-state index contributed by atoms with van der Waals surface area (Å²) in [7, 11) is -3.58. The van der Waals surface area contributed by atoms with Crippen LogP contribution in [0, 0.1) is 5.82 Å². The second-order valence-electron chi connectivity index (χ2n) is 4.34. The van der Waals surface area contributed by atoms with Crippen LogP contribution in [-0.4, -0.2) is 26.8 Å². The van der Waals surface area contributed by atoms with Gasteiger partial charge in [-0.15, -0.1) is 0 Å². The Kier molecular flexibility index (Phi) is 4.55. The molecule has 1 aliphatic rings. The summed E-state index contributed by atoms with van der Waals surface area (Å²) in [5, 5.41) is 2.49. The SMILES string of the molecule is O=S(=O)(Nc1c(Cl)cc(F)cc1Cl)C1CCNCC1. The molecule has 0 atom stereocenters. The molecule has 0 aromatic heterocycles. The highest BCUT2D eigenvalue weighted by atomic mass is 35.5. The van der Waals surface area contributed by atoms with Crippen molar-refractivity contribution in [2.75, 3.05) is 17.8 Å². The maximum absolute atomic E-state index is 13.0. The molecule has 2 rings (SSSR count). The molecule has 1 aliphatic heterocycles. The van der Waals surface area contributed by atoms with Crippen LogP contribution in [0.4, 0.5) is 10.1 Å². The minimum atomic E-state index is -3.58. The van der Waals surface area contributed by atoms with Gasteiger partial charge in [0, 0.05) is 0 Å². The van der Waals surface area contributed by atoms with Gasteiger partial charge in [-0.3, -0.25) is 4.72 Å². The standard InChI is InChI=1S/C11H13Cl2FN2O2S/c12-9-5-7(14)6-10(13)11(9)16-19(17,18)8-1-3-15-4-2-8/h5-6,8,15-16H,1-4H2. The minimum Gasteiger partial charge on any atom is -0.317 e. The lowest BCUT2D eigenvalue weighted by atomic mass is 10.2. The van der Waals surface area contributed by atoms with Crippen molar-refractivity contribution in [3.05, 3.63) is 28.0 Å². The third kappa shape index (κ3) is 3.51. The summed E-state index contributed by atoms with van der Waals surface area (Å²) in [6.07, 6.45) is 1.04. The van der Waals surface area contributed by atoms with E-state index in [1.54, 1.807) is 0 Å². The Bertz CT molecular complexity index is 551. The molecule has 1 aromatic carbocycles. The lowest BCUT2D eigenvalue weighted by Crippen LogP contribution is -2.38. The number of halogens is 3. The van der Waals surface area contributed by atoms with Gasteiger partial charge in [0.15, 0.2) is 0 Å². The summed E-state index contributed by atoms with van der Waals surface area (Å²) in [5.74, 6) is -0.611. The van der Waals surface area contributed by atoms with Crippen molar-refractivity contribution in [3.63, 3.8) is 0 Å². The molecule has 0 saturated carbocycles. The van der Waals surface area contributed by atoms with Crippen LogP contribution in [0.1, 0.15) is 12.8 Å². The average Bonchev–Trinajstić information content (AvgIpc) is 2.35. The second kappa shape index (κ2) is 5.83. The summed E-state index contributed by atoms with van der Waals surface area (Å²) in [6, 6.07) is 2.04. The molecule has 0 amide bonds. The van der Waals surface area contributed by atoms with E-state index >= 15 is 0 Å². The quantitative estimate of drug-likeness (QED) is 0.897. The Morgan fingerprint density at radius 1 is 1.21 bits per heavy atom. The van der Waals surface area contributed by atoms with E-state index in [9.17, 15) is 12.8 Å². The third-order valence-corrected chi connectivity index (χ3v) is 5.41. The molecule has 0 aliphatic carbocycles. The molecule has 1 saturated heterocycles. The Morgan fingerprint density at radius 3 is 2.26 bits per heavy atom. The molecular formula is C11H13Cl2FN2O2S. The van der Waals surface area contributed by atoms with Crippen molar-refractivity contribution in [1.82, 2.24) is 5.32 Å². The Balaban J connectivity index is 2.25. The summed E-state index contributed by atoms with van der Waals surface area (Å²) in [5.41, 5.74) is 0.0308. The van der Waals surface area contributed by atoms with Gasteiger partial charge in [0.2, 0.25) is 10.0 Å². The van der Waals surface area contributed by atoms with Crippen LogP contribution in [0.15, 0.2) is 12.1 Å². The van der Waals surface area contributed by atoms with Crippen molar-refractivity contribution in [2.24, 2.45) is 0 Å². The summed E-state index contributed by atoms with van der Waals surface area (Å²) in [4.78, 5) is 0. The van der Waals surface area contributed by atoms with Crippen molar-refractivity contribution < 1.29 is 12.8 Å². The zero-order chi connectivity index (χ0) is 14.0. The molecule has 4 nitrogen and oxygen atoms in total. The lowest BCUT2D eigenvalue weighted by molar-refractivity contribution is 0.499. The summed E-state index contributed by atoms with van der Waals surface area (Å²) >= 11 is 11.6. The highest BCUT2D eigenvalue weighted by Crippen LogP contribution is 2.33. The predicted octanol–water partition coefficient (Wildman–Crippen LogP) is 2.63. The average molecular weight is 327 g/mol. The monoisotopic (exact) mass is 326 g/mol. The fourth-order valence-corrected chi connectivity index (χ4v) is 4.17. The number of anilines is 1. The van der Waals surface area contributed by atoms with Crippen LogP contribution in [0.5, 0.6) is 0 Å². The molecule has 0 radical (unpaired) electrons. The first-order chi connectivity index (χ1) is 8.90. The fourth-order valence-electron chi connectivity index (χ4n) is 1.97. The maximum atomic E-state index is 13.0. The zero-order valence-electron chi connectivity index (χ0n) is 9.92. The first kappa shape index (κ1) is 14.8. The van der Waals surface area contributed by atoms with Gasteiger partial charge in [-0.2, -0.15) is 0 Å². The van der Waals surface area contributed by atoms with Gasteiger partial charge < -0.3 is 5.32 Å². The van der Waals surface area contributed by atoms with E-state index in [1.807, 2.05) is 0 Å². The lowest BCUT2D eigenvalue weighted by Gasteiger charge is -2.23. The van der Waals surface area contributed by atoms with E-state index in [1.165, 1.54) is 0 Å². The van der Waals surface area contributed by atoms with Gasteiger partial charge in [-0.1, -0.05) is 23.2 Å². The molecule has 1 heterocycles. The minimum absolute atomic E-state index is 0.0308. The van der Waals surface area contributed by atoms with Crippen molar-refractivity contribution in [2.45, 2.75) is 18.1 Å². The Labute approximate surface area is 121 Å². The highest BCUT2D eigenvalue weighted by Gasteiger charge is 2.28. The van der Waals surface area contributed by atoms with Crippen LogP contribution in [0.3, 0.4) is 0 Å². The summed E-state index contributed by atoms with van der Waals surface area (Å²) < 4.78 is 39.8. The number of rotatable bonds is 3.